The smallest absolute Gasteiger partial charge is 0.311 e. The molecule has 1 unspecified atom stereocenters. The van der Waals surface area contributed by atoms with E-state index in [9.17, 15) is 14.5 Å². The third kappa shape index (κ3) is 4.46. The third-order valence-corrected chi connectivity index (χ3v) is 5.74. The zero-order valence-electron chi connectivity index (χ0n) is 17.1. The lowest BCUT2D eigenvalue weighted by molar-refractivity contribution is -0.384. The third-order valence-electron chi connectivity index (χ3n) is 5.74. The van der Waals surface area contributed by atoms with Crippen LogP contribution in [-0.2, 0) is 0 Å². The lowest BCUT2D eigenvalue weighted by Gasteiger charge is -2.33. The van der Waals surface area contributed by atoms with Crippen molar-refractivity contribution in [1.82, 2.24) is 9.88 Å². The van der Waals surface area contributed by atoms with Crippen molar-refractivity contribution in [2.75, 3.05) is 61.4 Å². The number of rotatable bonds is 5. The molecular weight excluding hydrogens is 387 g/mol. The second-order valence-electron chi connectivity index (χ2n) is 7.91. The molecule has 0 bridgehead atoms. The number of halogens is 1. The Morgan fingerprint density at radius 2 is 1.87 bits per heavy atom. The number of hydrogen-bond acceptors (Lipinski definition) is 7. The van der Waals surface area contributed by atoms with Crippen molar-refractivity contribution < 1.29 is 9.31 Å². The second kappa shape index (κ2) is 8.83. The molecule has 2 fully saturated rings. The van der Waals surface area contributed by atoms with E-state index in [1.54, 1.807) is 6.07 Å². The van der Waals surface area contributed by atoms with Crippen LogP contribution in [0, 0.1) is 10.1 Å². The summed E-state index contributed by atoms with van der Waals surface area (Å²) in [5.41, 5.74) is 1.45. The molecule has 0 spiro atoms. The Labute approximate surface area is 175 Å². The van der Waals surface area contributed by atoms with Crippen LogP contribution < -0.4 is 15.1 Å². The molecule has 4 rings (SSSR count). The summed E-state index contributed by atoms with van der Waals surface area (Å²) in [7, 11) is 2.08. The normalized spacial score (nSPS) is 20.3. The summed E-state index contributed by atoms with van der Waals surface area (Å²) in [6, 6.07) is 10.7. The number of hydrogen-bond donors (Lipinski definition) is 1. The fourth-order valence-electron chi connectivity index (χ4n) is 4.02. The Morgan fingerprint density at radius 3 is 2.60 bits per heavy atom. The quantitative estimate of drug-likeness (QED) is 0.593. The van der Waals surface area contributed by atoms with Crippen molar-refractivity contribution in [2.24, 2.45) is 0 Å². The Balaban J connectivity index is 1.64. The summed E-state index contributed by atoms with van der Waals surface area (Å²) in [4.78, 5) is 22.2. The van der Waals surface area contributed by atoms with Crippen LogP contribution in [0.4, 0.5) is 33.1 Å². The van der Waals surface area contributed by atoms with Gasteiger partial charge in [0.05, 0.1) is 16.3 Å². The SMILES string of the molecule is CN1CCN(c2ccc([N+](=O)[O-])c(Nc3ccccc3N3CCCC(F)C3)n2)CC1. The predicted molar refractivity (Wildman–Crippen MR) is 117 cm³/mol. The van der Waals surface area contributed by atoms with Crippen LogP contribution in [0.5, 0.6) is 0 Å². The zero-order chi connectivity index (χ0) is 21.1. The molecule has 3 heterocycles. The number of piperidine rings is 1. The van der Waals surface area contributed by atoms with Crippen LogP contribution in [0.25, 0.3) is 0 Å². The van der Waals surface area contributed by atoms with Crippen molar-refractivity contribution in [3.05, 3.63) is 46.5 Å². The molecule has 8 nitrogen and oxygen atoms in total. The molecule has 0 amide bonds. The van der Waals surface area contributed by atoms with Gasteiger partial charge in [-0.3, -0.25) is 10.1 Å². The number of piperazine rings is 1. The molecule has 0 radical (unpaired) electrons. The van der Waals surface area contributed by atoms with Gasteiger partial charge in [-0.1, -0.05) is 12.1 Å². The van der Waals surface area contributed by atoms with Crippen molar-refractivity contribution >= 4 is 28.7 Å². The van der Waals surface area contributed by atoms with Gasteiger partial charge in [-0.15, -0.1) is 0 Å². The van der Waals surface area contributed by atoms with Crippen LogP contribution >= 0.6 is 0 Å². The summed E-state index contributed by atoms with van der Waals surface area (Å²) in [6.07, 6.45) is 0.499. The monoisotopic (exact) mass is 414 g/mol. The maximum absolute atomic E-state index is 14.0. The summed E-state index contributed by atoms with van der Waals surface area (Å²) in [6.45, 7) is 4.57. The van der Waals surface area contributed by atoms with Crippen LogP contribution in [0.15, 0.2) is 36.4 Å². The van der Waals surface area contributed by atoms with Crippen molar-refractivity contribution in [3.8, 4) is 0 Å². The molecule has 160 valence electrons. The number of para-hydroxylation sites is 2. The molecule has 1 aromatic heterocycles. The Bertz CT molecular complexity index is 903. The van der Waals surface area contributed by atoms with E-state index < -0.39 is 11.1 Å². The molecule has 0 saturated carbocycles. The number of aromatic nitrogens is 1. The summed E-state index contributed by atoms with van der Waals surface area (Å²) < 4.78 is 14.0. The first-order valence-electron chi connectivity index (χ1n) is 10.4. The van der Waals surface area contributed by atoms with Crippen molar-refractivity contribution in [1.29, 1.82) is 0 Å². The fraction of sp³-hybridized carbons (Fsp3) is 0.476. The number of pyridine rings is 1. The van der Waals surface area contributed by atoms with Gasteiger partial charge >= 0.3 is 5.69 Å². The second-order valence-corrected chi connectivity index (χ2v) is 7.91. The van der Waals surface area contributed by atoms with Gasteiger partial charge < -0.3 is 20.0 Å². The van der Waals surface area contributed by atoms with Crippen LogP contribution in [-0.4, -0.2) is 67.3 Å². The van der Waals surface area contributed by atoms with Crippen molar-refractivity contribution in [3.63, 3.8) is 0 Å². The first kappa shape index (κ1) is 20.3. The van der Waals surface area contributed by atoms with E-state index >= 15 is 0 Å². The van der Waals surface area contributed by atoms with E-state index in [1.807, 2.05) is 29.2 Å². The number of anilines is 4. The standard InChI is InChI=1S/C21H27FN6O2/c1-25-11-13-26(14-12-25)20-9-8-19(28(29)30)21(24-20)23-17-6-2-3-7-18(17)27-10-4-5-16(22)15-27/h2-3,6-9,16H,4-5,10-15H2,1H3,(H,23,24). The van der Waals surface area contributed by atoms with Crippen LogP contribution in [0.2, 0.25) is 0 Å². The molecule has 0 aliphatic carbocycles. The summed E-state index contributed by atoms with van der Waals surface area (Å²) in [5, 5.41) is 14.8. The molecule has 2 saturated heterocycles. The summed E-state index contributed by atoms with van der Waals surface area (Å²) in [5.74, 6) is 0.924. The highest BCUT2D eigenvalue weighted by molar-refractivity contribution is 5.78. The highest BCUT2D eigenvalue weighted by Crippen LogP contribution is 2.34. The van der Waals surface area contributed by atoms with E-state index in [-0.39, 0.29) is 11.5 Å². The molecule has 1 atom stereocenters. The van der Waals surface area contributed by atoms with Crippen LogP contribution in [0.3, 0.4) is 0 Å². The largest absolute Gasteiger partial charge is 0.367 e. The number of alkyl halides is 1. The minimum Gasteiger partial charge on any atom is -0.367 e. The van der Waals surface area contributed by atoms with Gasteiger partial charge in [0.25, 0.3) is 0 Å². The van der Waals surface area contributed by atoms with Gasteiger partial charge in [0.1, 0.15) is 12.0 Å². The molecule has 2 aromatic rings. The molecular formula is C21H27FN6O2. The Hall–Kier alpha value is -2.94. The predicted octanol–water partition coefficient (Wildman–Crippen LogP) is 3.42. The van der Waals surface area contributed by atoms with E-state index in [0.29, 0.717) is 18.7 Å². The highest BCUT2D eigenvalue weighted by atomic mass is 19.1. The number of benzene rings is 1. The average Bonchev–Trinajstić information content (AvgIpc) is 2.74. The van der Waals surface area contributed by atoms with E-state index in [2.05, 4.69) is 27.1 Å². The number of likely N-dealkylation sites (N-methyl/N-ethyl adjacent to an activating group) is 1. The molecule has 1 N–H and O–H groups in total. The topological polar surface area (TPSA) is 77.8 Å². The lowest BCUT2D eigenvalue weighted by Crippen LogP contribution is -2.44. The molecule has 1 aromatic carbocycles. The Kier molecular flexibility index (Phi) is 5.98. The Morgan fingerprint density at radius 1 is 1.10 bits per heavy atom. The molecule has 2 aliphatic heterocycles. The van der Waals surface area contributed by atoms with E-state index in [0.717, 1.165) is 50.6 Å². The lowest BCUT2D eigenvalue weighted by atomic mass is 10.1. The molecule has 2 aliphatic rings. The first-order chi connectivity index (χ1) is 14.5. The van der Waals surface area contributed by atoms with E-state index in [1.165, 1.54) is 6.07 Å². The van der Waals surface area contributed by atoms with Gasteiger partial charge in [0.15, 0.2) is 0 Å². The van der Waals surface area contributed by atoms with Crippen molar-refractivity contribution in [2.45, 2.75) is 19.0 Å². The highest BCUT2D eigenvalue weighted by Gasteiger charge is 2.24. The minimum absolute atomic E-state index is 0.0790. The minimum atomic E-state index is -0.861. The summed E-state index contributed by atoms with van der Waals surface area (Å²) >= 11 is 0. The van der Waals surface area contributed by atoms with Crippen LogP contribution in [0.1, 0.15) is 12.8 Å². The number of nitrogens with zero attached hydrogens (tertiary/aromatic N) is 5. The fourth-order valence-corrected chi connectivity index (χ4v) is 4.02. The molecule has 30 heavy (non-hydrogen) atoms. The zero-order valence-corrected chi connectivity index (χ0v) is 17.1. The maximum atomic E-state index is 14.0. The maximum Gasteiger partial charge on any atom is 0.311 e. The number of nitrogens with one attached hydrogen (secondary N) is 1. The first-order valence-corrected chi connectivity index (χ1v) is 10.4. The van der Waals surface area contributed by atoms with Gasteiger partial charge in [0, 0.05) is 45.3 Å². The van der Waals surface area contributed by atoms with Gasteiger partial charge in [-0.2, -0.15) is 0 Å². The number of nitro groups is 1. The van der Waals surface area contributed by atoms with Gasteiger partial charge in [0.2, 0.25) is 5.82 Å². The van der Waals surface area contributed by atoms with E-state index in [4.69, 9.17) is 0 Å². The van der Waals surface area contributed by atoms with Gasteiger partial charge in [-0.05, 0) is 38.1 Å². The molecule has 9 heteroatoms. The average molecular weight is 414 g/mol. The van der Waals surface area contributed by atoms with Gasteiger partial charge in [-0.25, -0.2) is 9.37 Å².